The van der Waals surface area contributed by atoms with E-state index in [-0.39, 0.29) is 11.8 Å². The van der Waals surface area contributed by atoms with Gasteiger partial charge in [0.25, 0.3) is 0 Å². The predicted octanol–water partition coefficient (Wildman–Crippen LogP) is 5.65. The Balaban J connectivity index is 1.42. The number of benzene rings is 1. The van der Waals surface area contributed by atoms with Gasteiger partial charge in [-0.15, -0.1) is 0 Å². The van der Waals surface area contributed by atoms with Crippen LogP contribution < -0.4 is 15.1 Å². The van der Waals surface area contributed by atoms with Gasteiger partial charge in [0.05, 0.1) is 24.0 Å². The number of ether oxygens (including phenoxy) is 1. The quantitative estimate of drug-likeness (QED) is 0.641. The number of fused-ring (bicyclic) bond motifs is 2. The summed E-state index contributed by atoms with van der Waals surface area (Å²) in [5.41, 5.74) is 4.21. The molecule has 1 aromatic carbocycles. The van der Waals surface area contributed by atoms with E-state index in [9.17, 15) is 4.79 Å². The van der Waals surface area contributed by atoms with E-state index in [1.165, 1.54) is 24.9 Å². The number of nitrogens with one attached hydrogen (secondary N) is 1. The third kappa shape index (κ3) is 4.86. The summed E-state index contributed by atoms with van der Waals surface area (Å²) < 4.78 is 5.96. The number of pyridine rings is 1. The molecule has 6 heteroatoms. The normalized spacial score (nSPS) is 22.7. The molecule has 2 aromatic rings. The monoisotopic (exact) mass is 448 g/mol. The van der Waals surface area contributed by atoms with E-state index in [1.54, 1.807) is 0 Å². The summed E-state index contributed by atoms with van der Waals surface area (Å²) in [7, 11) is 0. The second-order valence-corrected chi connectivity index (χ2v) is 9.65. The molecule has 2 fully saturated rings. The highest BCUT2D eigenvalue weighted by Crippen LogP contribution is 2.40. The van der Waals surface area contributed by atoms with Crippen molar-refractivity contribution in [3.05, 3.63) is 42.1 Å². The Morgan fingerprint density at radius 3 is 2.73 bits per heavy atom. The topological polar surface area (TPSA) is 57.7 Å². The number of nitrogens with zero attached hydrogens (tertiary/aromatic N) is 3. The van der Waals surface area contributed by atoms with Gasteiger partial charge < -0.3 is 19.9 Å². The van der Waals surface area contributed by atoms with Gasteiger partial charge in [-0.25, -0.2) is 4.98 Å². The van der Waals surface area contributed by atoms with E-state index in [0.29, 0.717) is 12.6 Å². The van der Waals surface area contributed by atoms with Crippen molar-refractivity contribution < 1.29 is 9.53 Å². The Morgan fingerprint density at radius 2 is 1.94 bits per heavy atom. The van der Waals surface area contributed by atoms with Crippen LogP contribution in [0.4, 0.5) is 22.9 Å². The van der Waals surface area contributed by atoms with Crippen LogP contribution in [0.3, 0.4) is 0 Å². The highest BCUT2D eigenvalue weighted by molar-refractivity contribution is 6.00. The number of anilines is 4. The number of piperidine rings is 1. The number of carbonyl (C=O) groups excluding carboxylic acids is 1. The SMILES string of the molecule is CCCOC1CCC(C(=O)N2Cc3cccnc3Nc3ccc(N4CCCCC4)cc32)CC1. The van der Waals surface area contributed by atoms with Gasteiger partial charge in [-0.05, 0) is 75.6 Å². The maximum Gasteiger partial charge on any atom is 0.230 e. The molecule has 3 aliphatic rings. The van der Waals surface area contributed by atoms with Crippen molar-refractivity contribution >= 4 is 28.8 Å². The number of hydrogen-bond donors (Lipinski definition) is 1. The first-order valence-electron chi connectivity index (χ1n) is 12.8. The third-order valence-electron chi connectivity index (χ3n) is 7.31. The Labute approximate surface area is 197 Å². The first-order chi connectivity index (χ1) is 16.2. The smallest absolute Gasteiger partial charge is 0.230 e. The summed E-state index contributed by atoms with van der Waals surface area (Å²) in [6.45, 7) is 5.69. The lowest BCUT2D eigenvalue weighted by Gasteiger charge is -2.33. The Bertz CT molecular complexity index is 964. The lowest BCUT2D eigenvalue weighted by atomic mass is 9.86. The van der Waals surface area contributed by atoms with Gasteiger partial charge in [0.2, 0.25) is 5.91 Å². The maximum absolute atomic E-state index is 13.9. The van der Waals surface area contributed by atoms with E-state index in [2.05, 4.69) is 46.4 Å². The molecule has 1 aromatic heterocycles. The minimum absolute atomic E-state index is 0.0520. The molecule has 0 atom stereocenters. The third-order valence-corrected chi connectivity index (χ3v) is 7.31. The van der Waals surface area contributed by atoms with Gasteiger partial charge in [0, 0.05) is 43.1 Å². The number of carbonyl (C=O) groups is 1. The molecule has 5 rings (SSSR count). The van der Waals surface area contributed by atoms with Crippen LogP contribution in [-0.4, -0.2) is 36.7 Å². The average molecular weight is 449 g/mol. The van der Waals surface area contributed by atoms with Crippen LogP contribution in [-0.2, 0) is 16.1 Å². The van der Waals surface area contributed by atoms with Gasteiger partial charge in [-0.2, -0.15) is 0 Å². The molecular weight excluding hydrogens is 412 g/mol. The van der Waals surface area contributed by atoms with Crippen molar-refractivity contribution in [1.82, 2.24) is 4.98 Å². The molecule has 176 valence electrons. The van der Waals surface area contributed by atoms with Gasteiger partial charge in [-0.3, -0.25) is 4.79 Å². The molecule has 0 bridgehead atoms. The minimum Gasteiger partial charge on any atom is -0.378 e. The Morgan fingerprint density at radius 1 is 1.12 bits per heavy atom. The Kier molecular flexibility index (Phi) is 6.81. The van der Waals surface area contributed by atoms with Crippen molar-refractivity contribution in [2.24, 2.45) is 5.92 Å². The van der Waals surface area contributed by atoms with Crippen LogP contribution in [0.15, 0.2) is 36.5 Å². The number of hydrogen-bond acceptors (Lipinski definition) is 5. The van der Waals surface area contributed by atoms with Crippen molar-refractivity contribution in [3.8, 4) is 0 Å². The standard InChI is InChI=1S/C27H36N4O2/c1-2-17-33-23-11-8-20(9-12-23)27(32)31-19-21-7-6-14-28-26(21)29-24-13-10-22(18-25(24)31)30-15-4-3-5-16-30/h6-7,10,13-14,18,20,23H,2-5,8-9,11-12,15-17,19H2,1H3,(H,28,29). The van der Waals surface area contributed by atoms with Crippen molar-refractivity contribution in [1.29, 1.82) is 0 Å². The molecule has 1 aliphatic carbocycles. The lowest BCUT2D eigenvalue weighted by Crippen LogP contribution is -2.38. The van der Waals surface area contributed by atoms with Crippen LogP contribution >= 0.6 is 0 Å². The molecule has 1 N–H and O–H groups in total. The highest BCUT2D eigenvalue weighted by Gasteiger charge is 2.33. The van der Waals surface area contributed by atoms with Gasteiger partial charge in [-0.1, -0.05) is 13.0 Å². The molecule has 0 radical (unpaired) electrons. The zero-order valence-electron chi connectivity index (χ0n) is 19.8. The first-order valence-corrected chi connectivity index (χ1v) is 12.8. The largest absolute Gasteiger partial charge is 0.378 e. The molecule has 1 saturated heterocycles. The van der Waals surface area contributed by atoms with E-state index in [4.69, 9.17) is 4.74 Å². The summed E-state index contributed by atoms with van der Waals surface area (Å²) in [5, 5.41) is 3.51. The van der Waals surface area contributed by atoms with Crippen LogP contribution in [0.2, 0.25) is 0 Å². The zero-order chi connectivity index (χ0) is 22.6. The van der Waals surface area contributed by atoms with Crippen LogP contribution in [0.1, 0.15) is 63.9 Å². The van der Waals surface area contributed by atoms with Crippen molar-refractivity contribution in [3.63, 3.8) is 0 Å². The zero-order valence-corrected chi connectivity index (χ0v) is 19.8. The molecule has 0 unspecified atom stereocenters. The molecule has 33 heavy (non-hydrogen) atoms. The molecular formula is C27H36N4O2. The van der Waals surface area contributed by atoms with Crippen molar-refractivity contribution in [2.45, 2.75) is 70.9 Å². The Hall–Kier alpha value is -2.60. The molecule has 6 nitrogen and oxygen atoms in total. The summed E-state index contributed by atoms with van der Waals surface area (Å²) in [6.07, 6.45) is 10.7. The van der Waals surface area contributed by atoms with E-state index < -0.39 is 0 Å². The summed E-state index contributed by atoms with van der Waals surface area (Å²) >= 11 is 0. The predicted molar refractivity (Wildman–Crippen MR) is 133 cm³/mol. The first kappa shape index (κ1) is 22.2. The summed E-state index contributed by atoms with van der Waals surface area (Å²) in [6, 6.07) is 10.5. The second kappa shape index (κ2) is 10.1. The molecule has 3 heterocycles. The molecule has 2 aliphatic heterocycles. The number of rotatable bonds is 5. The van der Waals surface area contributed by atoms with Gasteiger partial charge in [0.1, 0.15) is 5.82 Å². The maximum atomic E-state index is 13.9. The summed E-state index contributed by atoms with van der Waals surface area (Å²) in [4.78, 5) is 22.9. The second-order valence-electron chi connectivity index (χ2n) is 9.65. The number of aromatic nitrogens is 1. The van der Waals surface area contributed by atoms with Gasteiger partial charge >= 0.3 is 0 Å². The van der Waals surface area contributed by atoms with E-state index in [0.717, 1.165) is 74.6 Å². The van der Waals surface area contributed by atoms with E-state index >= 15 is 0 Å². The van der Waals surface area contributed by atoms with Gasteiger partial charge in [0.15, 0.2) is 0 Å². The molecule has 1 amide bonds. The van der Waals surface area contributed by atoms with E-state index in [1.807, 2.05) is 17.2 Å². The highest BCUT2D eigenvalue weighted by atomic mass is 16.5. The van der Waals surface area contributed by atoms with Crippen LogP contribution in [0.5, 0.6) is 0 Å². The minimum atomic E-state index is 0.0520. The lowest BCUT2D eigenvalue weighted by molar-refractivity contribution is -0.124. The van der Waals surface area contributed by atoms with Crippen molar-refractivity contribution in [2.75, 3.05) is 34.8 Å². The van der Waals surface area contributed by atoms with Crippen LogP contribution in [0, 0.1) is 5.92 Å². The van der Waals surface area contributed by atoms with Crippen LogP contribution in [0.25, 0.3) is 0 Å². The molecule has 0 spiro atoms. The average Bonchev–Trinajstić information content (AvgIpc) is 3.04. The molecule has 1 saturated carbocycles. The fourth-order valence-electron chi connectivity index (χ4n) is 5.44. The number of amides is 1. The summed E-state index contributed by atoms with van der Waals surface area (Å²) in [5.74, 6) is 1.13. The fraction of sp³-hybridized carbons (Fsp3) is 0.556. The fourth-order valence-corrected chi connectivity index (χ4v) is 5.44.